The first-order chi connectivity index (χ1) is 18.4. The Kier molecular flexibility index (Phi) is 11.5. The number of methoxy groups -OCH3 is 1. The Bertz CT molecular complexity index is 1070. The minimum absolute atomic E-state index is 0.0734. The molecule has 1 aliphatic rings. The van der Waals surface area contributed by atoms with Crippen LogP contribution in [-0.2, 0) is 42.9 Å². The first kappa shape index (κ1) is 31.3. The molecule has 2 atom stereocenters. The summed E-state index contributed by atoms with van der Waals surface area (Å²) >= 11 is 0. The lowest BCUT2D eigenvalue weighted by atomic mass is 9.79. The Morgan fingerprint density at radius 2 is 1.56 bits per heavy atom. The summed E-state index contributed by atoms with van der Waals surface area (Å²) in [5, 5.41) is 11.1. The first-order valence-corrected chi connectivity index (χ1v) is 12.4. The molecule has 0 amide bonds. The molecule has 12 nitrogen and oxygen atoms in total. The normalized spacial score (nSPS) is 22.5. The zero-order chi connectivity index (χ0) is 29.2. The second-order valence-corrected chi connectivity index (χ2v) is 8.96. The Morgan fingerprint density at radius 1 is 0.949 bits per heavy atom. The molecule has 0 aliphatic heterocycles. The van der Waals surface area contributed by atoms with Crippen LogP contribution in [0.3, 0.4) is 0 Å². The third-order valence-electron chi connectivity index (χ3n) is 5.66. The summed E-state index contributed by atoms with van der Waals surface area (Å²) in [6.07, 6.45) is -1.02. The number of unbranched alkanes of at least 4 members (excludes halogenated alkanes) is 1. The van der Waals surface area contributed by atoms with Crippen LogP contribution >= 0.6 is 0 Å². The number of esters is 5. The second-order valence-electron chi connectivity index (χ2n) is 8.96. The van der Waals surface area contributed by atoms with Crippen molar-refractivity contribution >= 4 is 35.9 Å². The van der Waals surface area contributed by atoms with Crippen LogP contribution in [-0.4, -0.2) is 72.6 Å². The van der Waals surface area contributed by atoms with Gasteiger partial charge in [0.05, 0.1) is 13.7 Å². The molecule has 1 aromatic carbocycles. The smallest absolute Gasteiger partial charge is 0.338 e. The Morgan fingerprint density at radius 3 is 2.08 bits per heavy atom. The van der Waals surface area contributed by atoms with Gasteiger partial charge >= 0.3 is 29.8 Å². The number of benzene rings is 1. The molecule has 0 bridgehead atoms. The summed E-state index contributed by atoms with van der Waals surface area (Å²) in [6, 6.07) is 4.58. The van der Waals surface area contributed by atoms with Crippen molar-refractivity contribution in [2.75, 3.05) is 13.7 Å². The van der Waals surface area contributed by atoms with Crippen LogP contribution in [0.1, 0.15) is 58.9 Å². The fraction of sp³-hybridized carbons (Fsp3) is 0.519. The van der Waals surface area contributed by atoms with Gasteiger partial charge in [-0.3, -0.25) is 14.4 Å². The van der Waals surface area contributed by atoms with Crippen molar-refractivity contribution in [2.24, 2.45) is 0 Å². The number of hydrogen-bond donors (Lipinski definition) is 1. The molecule has 1 fully saturated rings. The van der Waals surface area contributed by atoms with Crippen LogP contribution in [0.25, 0.3) is 6.08 Å². The molecular weight excluding hydrogens is 516 g/mol. The standard InChI is InChI=1S/C27H34O12/c1-6-7-12-35-26(32)27(33)14-22(37-17(3)29)25(23(15-27)38-18(4)30)39-24(31)11-9-19-8-10-20(36-16(2)28)21(13-19)34-5/h8-11,13,22-23,25,33H,6-7,12,14-15H2,1-5H3/b11-9+. The van der Waals surface area contributed by atoms with Crippen LogP contribution in [0.4, 0.5) is 0 Å². The predicted molar refractivity (Wildman–Crippen MR) is 134 cm³/mol. The number of hydrogen-bond acceptors (Lipinski definition) is 12. The second kappa shape index (κ2) is 14.3. The van der Waals surface area contributed by atoms with Gasteiger partial charge in [0.15, 0.2) is 23.2 Å². The molecular formula is C27H34O12. The van der Waals surface area contributed by atoms with Crippen LogP contribution < -0.4 is 9.47 Å². The highest BCUT2D eigenvalue weighted by Crippen LogP contribution is 2.36. The van der Waals surface area contributed by atoms with Crippen molar-refractivity contribution in [3.63, 3.8) is 0 Å². The summed E-state index contributed by atoms with van der Waals surface area (Å²) in [5.74, 6) is -3.44. The van der Waals surface area contributed by atoms with E-state index in [1.165, 1.54) is 32.2 Å². The molecule has 2 rings (SSSR count). The maximum absolute atomic E-state index is 12.7. The molecule has 0 radical (unpaired) electrons. The number of ether oxygens (including phenoxy) is 6. The van der Waals surface area contributed by atoms with E-state index in [9.17, 15) is 29.1 Å². The highest BCUT2D eigenvalue weighted by Gasteiger charge is 2.54. The van der Waals surface area contributed by atoms with E-state index in [-0.39, 0.29) is 18.1 Å². The maximum Gasteiger partial charge on any atom is 0.338 e. The van der Waals surface area contributed by atoms with Gasteiger partial charge in [-0.1, -0.05) is 19.4 Å². The van der Waals surface area contributed by atoms with Gasteiger partial charge in [0.2, 0.25) is 0 Å². The Labute approximate surface area is 226 Å². The average molecular weight is 551 g/mol. The summed E-state index contributed by atoms with van der Waals surface area (Å²) in [5.41, 5.74) is -1.65. The zero-order valence-corrected chi connectivity index (χ0v) is 22.6. The van der Waals surface area contributed by atoms with Crippen molar-refractivity contribution in [3.8, 4) is 11.5 Å². The van der Waals surface area contributed by atoms with E-state index in [4.69, 9.17) is 28.4 Å². The van der Waals surface area contributed by atoms with E-state index in [2.05, 4.69) is 0 Å². The van der Waals surface area contributed by atoms with Gasteiger partial charge in [-0.15, -0.1) is 0 Å². The topological polar surface area (TPSA) is 161 Å². The minimum Gasteiger partial charge on any atom is -0.493 e. The number of rotatable bonds is 11. The monoisotopic (exact) mass is 550 g/mol. The fourth-order valence-corrected chi connectivity index (χ4v) is 3.99. The number of carbonyl (C=O) groups excluding carboxylic acids is 5. The number of aliphatic hydroxyl groups is 1. The van der Waals surface area contributed by atoms with Gasteiger partial charge in [-0.25, -0.2) is 9.59 Å². The van der Waals surface area contributed by atoms with E-state index in [0.29, 0.717) is 12.0 Å². The van der Waals surface area contributed by atoms with Crippen molar-refractivity contribution < 1.29 is 57.5 Å². The maximum atomic E-state index is 12.7. The molecule has 1 aromatic rings. The van der Waals surface area contributed by atoms with Gasteiger partial charge in [0.25, 0.3) is 0 Å². The molecule has 2 unspecified atom stereocenters. The molecule has 1 saturated carbocycles. The highest BCUT2D eigenvalue weighted by molar-refractivity contribution is 5.87. The molecule has 12 heteroatoms. The molecule has 0 aromatic heterocycles. The number of carbonyl (C=O) groups is 5. The summed E-state index contributed by atoms with van der Waals surface area (Å²) in [6.45, 7) is 5.44. The predicted octanol–water partition coefficient (Wildman–Crippen LogP) is 2.28. The third-order valence-corrected chi connectivity index (χ3v) is 5.66. The van der Waals surface area contributed by atoms with Gasteiger partial charge in [-0.2, -0.15) is 0 Å². The Hall–Kier alpha value is -3.93. The quantitative estimate of drug-likeness (QED) is 0.141. The van der Waals surface area contributed by atoms with Crippen LogP contribution in [0.15, 0.2) is 24.3 Å². The third kappa shape index (κ3) is 9.40. The highest BCUT2D eigenvalue weighted by atomic mass is 16.6. The van der Waals surface area contributed by atoms with E-state index < -0.39 is 66.6 Å². The first-order valence-electron chi connectivity index (χ1n) is 12.4. The van der Waals surface area contributed by atoms with E-state index in [0.717, 1.165) is 26.3 Å². The van der Waals surface area contributed by atoms with Gasteiger partial charge in [0, 0.05) is 39.7 Å². The van der Waals surface area contributed by atoms with E-state index in [1.54, 1.807) is 6.07 Å². The lowest BCUT2D eigenvalue weighted by Gasteiger charge is -2.42. The minimum atomic E-state index is -2.15. The molecule has 0 heterocycles. The fourth-order valence-electron chi connectivity index (χ4n) is 3.99. The van der Waals surface area contributed by atoms with Gasteiger partial charge in [-0.05, 0) is 30.2 Å². The largest absolute Gasteiger partial charge is 0.493 e. The molecule has 0 saturated heterocycles. The van der Waals surface area contributed by atoms with Crippen molar-refractivity contribution in [2.45, 2.75) is 77.3 Å². The van der Waals surface area contributed by atoms with Crippen molar-refractivity contribution in [1.29, 1.82) is 0 Å². The molecule has 214 valence electrons. The van der Waals surface area contributed by atoms with Crippen molar-refractivity contribution in [3.05, 3.63) is 29.8 Å². The van der Waals surface area contributed by atoms with Crippen LogP contribution in [0.5, 0.6) is 11.5 Å². The molecule has 1 aliphatic carbocycles. The van der Waals surface area contributed by atoms with E-state index >= 15 is 0 Å². The summed E-state index contributed by atoms with van der Waals surface area (Å²) in [4.78, 5) is 60.3. The zero-order valence-electron chi connectivity index (χ0n) is 22.6. The van der Waals surface area contributed by atoms with Crippen LogP contribution in [0, 0.1) is 0 Å². The Balaban J connectivity index is 2.26. The van der Waals surface area contributed by atoms with Crippen LogP contribution in [0.2, 0.25) is 0 Å². The lowest BCUT2D eigenvalue weighted by molar-refractivity contribution is -0.214. The molecule has 1 N–H and O–H groups in total. The SMILES string of the molecule is CCCCOC(=O)C1(O)CC(OC(C)=O)C(OC(=O)/C=C/c2ccc(OC(C)=O)c(OC)c2)C(OC(C)=O)C1. The van der Waals surface area contributed by atoms with Gasteiger partial charge in [0.1, 0.15) is 12.2 Å². The van der Waals surface area contributed by atoms with Crippen molar-refractivity contribution in [1.82, 2.24) is 0 Å². The average Bonchev–Trinajstić information content (AvgIpc) is 2.84. The van der Waals surface area contributed by atoms with E-state index in [1.807, 2.05) is 6.92 Å². The lowest BCUT2D eigenvalue weighted by Crippen LogP contribution is -2.59. The van der Waals surface area contributed by atoms with Gasteiger partial charge < -0.3 is 33.5 Å². The summed E-state index contributed by atoms with van der Waals surface area (Å²) in [7, 11) is 1.39. The summed E-state index contributed by atoms with van der Waals surface area (Å²) < 4.78 is 31.4. The molecule has 0 spiro atoms. The molecule has 39 heavy (non-hydrogen) atoms.